The van der Waals surface area contributed by atoms with Crippen LogP contribution in [-0.2, 0) is 4.74 Å². The van der Waals surface area contributed by atoms with Crippen LogP contribution in [0.1, 0.15) is 51.0 Å². The number of pyridine rings is 1. The molecule has 1 saturated carbocycles. The molecule has 3 heterocycles. The van der Waals surface area contributed by atoms with Gasteiger partial charge >= 0.3 is 6.09 Å². The maximum absolute atomic E-state index is 15.3. The minimum atomic E-state index is -3.29. The van der Waals surface area contributed by atoms with Crippen molar-refractivity contribution in [3.63, 3.8) is 0 Å². The number of alkyl halides is 2. The van der Waals surface area contributed by atoms with Gasteiger partial charge in [-0.1, -0.05) is 55.1 Å². The summed E-state index contributed by atoms with van der Waals surface area (Å²) in [5.74, 6) is -4.76. The normalized spacial score (nSPS) is 18.5. The lowest BCUT2D eigenvalue weighted by Crippen LogP contribution is -2.62. The van der Waals surface area contributed by atoms with Crippen LogP contribution in [0.2, 0.25) is 0 Å². The monoisotopic (exact) mass is 643 g/mol. The molecule has 5 aromatic rings. The molecular formula is C34H28F3N5O3S. The first kappa shape index (κ1) is 29.7. The van der Waals surface area contributed by atoms with Gasteiger partial charge in [0.25, 0.3) is 11.8 Å². The van der Waals surface area contributed by atoms with Crippen LogP contribution >= 0.6 is 11.3 Å². The van der Waals surface area contributed by atoms with Crippen LogP contribution in [0.15, 0.2) is 79.6 Å². The lowest BCUT2D eigenvalue weighted by Gasteiger charge is -2.38. The van der Waals surface area contributed by atoms with Crippen molar-refractivity contribution >= 4 is 34.9 Å². The molecule has 2 N–H and O–H groups in total. The Labute approximate surface area is 265 Å². The van der Waals surface area contributed by atoms with E-state index in [0.29, 0.717) is 21.7 Å². The van der Waals surface area contributed by atoms with Gasteiger partial charge in [-0.2, -0.15) is 5.10 Å². The summed E-state index contributed by atoms with van der Waals surface area (Å²) in [6.45, 7) is 3.82. The first-order valence-electron chi connectivity index (χ1n) is 14.8. The van der Waals surface area contributed by atoms with Crippen molar-refractivity contribution in [1.82, 2.24) is 25.2 Å². The Morgan fingerprint density at radius 3 is 2.48 bits per heavy atom. The van der Waals surface area contributed by atoms with Crippen molar-refractivity contribution in [3.8, 4) is 22.4 Å². The van der Waals surface area contributed by atoms with Gasteiger partial charge in [-0.25, -0.2) is 27.5 Å². The number of halogens is 3. The molecule has 2 amide bonds. The minimum absolute atomic E-state index is 0.0302. The number of aromatic nitrogens is 3. The van der Waals surface area contributed by atoms with Gasteiger partial charge in [0.15, 0.2) is 5.01 Å². The Kier molecular flexibility index (Phi) is 7.59. The predicted molar refractivity (Wildman–Crippen MR) is 168 cm³/mol. The third-order valence-electron chi connectivity index (χ3n) is 8.58. The summed E-state index contributed by atoms with van der Waals surface area (Å²) < 4.78 is 51.2. The fourth-order valence-corrected chi connectivity index (χ4v) is 7.26. The third-order valence-corrected chi connectivity index (χ3v) is 9.63. The maximum atomic E-state index is 15.3. The fourth-order valence-electron chi connectivity index (χ4n) is 6.43. The average molecular weight is 644 g/mol. The van der Waals surface area contributed by atoms with E-state index in [0.717, 1.165) is 33.6 Å². The number of hydrogen-bond donors (Lipinski definition) is 2. The summed E-state index contributed by atoms with van der Waals surface area (Å²) in [5, 5.41) is 9.13. The Bertz CT molecular complexity index is 1940. The zero-order valence-electron chi connectivity index (χ0n) is 24.4. The quantitative estimate of drug-likeness (QED) is 0.198. The van der Waals surface area contributed by atoms with Crippen molar-refractivity contribution in [2.75, 3.05) is 6.61 Å². The highest BCUT2D eigenvalue weighted by molar-refractivity contribution is 7.15. The van der Waals surface area contributed by atoms with Gasteiger partial charge in [-0.3, -0.25) is 4.79 Å². The van der Waals surface area contributed by atoms with Crippen LogP contribution in [0, 0.1) is 5.82 Å². The van der Waals surface area contributed by atoms with Crippen LogP contribution in [0.3, 0.4) is 0 Å². The SMILES string of the molecule is C=Cc1sc(C(=O)N[C@@H]2[C@@H](NC(=O)OCC3c4ccccc4-c4ccccc43)CCCC2(F)F)nc1-c1cnn2cc(F)ccc12. The van der Waals surface area contributed by atoms with Crippen LogP contribution in [0.25, 0.3) is 34.0 Å². The van der Waals surface area contributed by atoms with Crippen LogP contribution in [0.4, 0.5) is 18.0 Å². The van der Waals surface area contributed by atoms with Gasteiger partial charge in [0.1, 0.15) is 18.5 Å². The van der Waals surface area contributed by atoms with Gasteiger partial charge in [0.05, 0.1) is 34.5 Å². The Morgan fingerprint density at radius 1 is 1.04 bits per heavy atom. The second-order valence-corrected chi connectivity index (χ2v) is 12.4. The molecule has 234 valence electrons. The lowest BCUT2D eigenvalue weighted by molar-refractivity contribution is -0.0715. The standard InChI is InChI=1S/C34H28F3N5O3S/c1-2-28-29(24-16-38-42-17-19(35)13-14-27(24)42)40-32(46-28)31(43)41-30-26(12-7-15-34(30,36)37)39-33(44)45-18-25-22-10-5-3-8-20(22)21-9-4-6-11-23(21)25/h2-6,8-11,13-14,16-17,25-26,30H,1,7,12,15,18H2,(H,39,44)(H,41,43)/t26-,30+/m0/s1. The Hall–Kier alpha value is -4.97. The number of hydrogen-bond acceptors (Lipinski definition) is 6. The van der Waals surface area contributed by atoms with E-state index in [4.69, 9.17) is 4.74 Å². The zero-order chi connectivity index (χ0) is 32.0. The van der Waals surface area contributed by atoms with E-state index in [-0.39, 0.29) is 30.4 Å². The number of carbonyl (C=O) groups is 2. The molecule has 8 nitrogen and oxygen atoms in total. The first-order chi connectivity index (χ1) is 22.2. The molecule has 0 unspecified atom stereocenters. The van der Waals surface area contributed by atoms with Crippen molar-refractivity contribution in [3.05, 3.63) is 106 Å². The second kappa shape index (κ2) is 11.8. The molecule has 2 aliphatic rings. The van der Waals surface area contributed by atoms with Crippen molar-refractivity contribution in [2.24, 2.45) is 0 Å². The minimum Gasteiger partial charge on any atom is -0.449 e. The van der Waals surface area contributed by atoms with Crippen LogP contribution in [0.5, 0.6) is 0 Å². The molecule has 0 spiro atoms. The number of nitrogens with zero attached hydrogens (tertiary/aromatic N) is 3. The largest absolute Gasteiger partial charge is 0.449 e. The third kappa shape index (κ3) is 5.32. The molecule has 2 aliphatic carbocycles. The molecule has 0 radical (unpaired) electrons. The summed E-state index contributed by atoms with van der Waals surface area (Å²) in [5.41, 5.74) is 5.66. The number of thiazole rings is 1. The molecular weight excluding hydrogens is 615 g/mol. The highest BCUT2D eigenvalue weighted by atomic mass is 32.1. The highest BCUT2D eigenvalue weighted by Crippen LogP contribution is 2.44. The first-order valence-corrected chi connectivity index (χ1v) is 15.6. The topological polar surface area (TPSA) is 97.6 Å². The van der Waals surface area contributed by atoms with Gasteiger partial charge in [-0.05, 0) is 53.3 Å². The smallest absolute Gasteiger partial charge is 0.407 e. The molecule has 2 atom stereocenters. The summed E-state index contributed by atoms with van der Waals surface area (Å²) in [6.07, 6.45) is 3.31. The molecule has 1 fully saturated rings. The number of ether oxygens (including phenoxy) is 1. The molecule has 0 aliphatic heterocycles. The molecule has 12 heteroatoms. The summed E-state index contributed by atoms with van der Waals surface area (Å²) in [4.78, 5) is 31.3. The van der Waals surface area contributed by atoms with E-state index in [1.165, 1.54) is 35.1 Å². The number of carbonyl (C=O) groups excluding carboxylic acids is 2. The number of fused-ring (bicyclic) bond motifs is 4. The van der Waals surface area contributed by atoms with Gasteiger partial charge < -0.3 is 15.4 Å². The molecule has 2 aromatic carbocycles. The van der Waals surface area contributed by atoms with E-state index < -0.39 is 42.2 Å². The van der Waals surface area contributed by atoms with Crippen molar-refractivity contribution < 1.29 is 27.5 Å². The second-order valence-electron chi connectivity index (χ2n) is 11.4. The Balaban J connectivity index is 1.07. The number of rotatable bonds is 7. The van der Waals surface area contributed by atoms with Gasteiger partial charge in [0.2, 0.25) is 0 Å². The van der Waals surface area contributed by atoms with Gasteiger partial charge in [0, 0.05) is 17.9 Å². The molecule has 0 bridgehead atoms. The molecule has 0 saturated heterocycles. The zero-order valence-corrected chi connectivity index (χ0v) is 25.2. The number of alkyl carbamates (subject to hydrolysis) is 1. The maximum Gasteiger partial charge on any atom is 0.407 e. The van der Waals surface area contributed by atoms with Crippen molar-refractivity contribution in [1.29, 1.82) is 0 Å². The summed E-state index contributed by atoms with van der Waals surface area (Å²) >= 11 is 0.983. The van der Waals surface area contributed by atoms with Gasteiger partial charge in [-0.15, -0.1) is 11.3 Å². The van der Waals surface area contributed by atoms with Crippen LogP contribution in [-0.4, -0.2) is 51.2 Å². The molecule has 46 heavy (non-hydrogen) atoms. The highest BCUT2D eigenvalue weighted by Gasteiger charge is 2.49. The van der Waals surface area contributed by atoms with E-state index in [1.54, 1.807) is 0 Å². The number of nitrogens with one attached hydrogen (secondary N) is 2. The van der Waals surface area contributed by atoms with E-state index >= 15 is 8.78 Å². The van der Waals surface area contributed by atoms with Crippen LogP contribution < -0.4 is 10.6 Å². The number of benzene rings is 2. The molecule has 7 rings (SSSR count). The predicted octanol–water partition coefficient (Wildman–Crippen LogP) is 7.06. The number of amides is 2. The fraction of sp³-hybridized carbons (Fsp3) is 0.235. The Morgan fingerprint density at radius 2 is 1.76 bits per heavy atom. The van der Waals surface area contributed by atoms with E-state index in [9.17, 15) is 14.0 Å². The van der Waals surface area contributed by atoms with E-state index in [2.05, 4.69) is 27.3 Å². The lowest BCUT2D eigenvalue weighted by atomic mass is 9.87. The average Bonchev–Trinajstić information content (AvgIpc) is 3.75. The summed E-state index contributed by atoms with van der Waals surface area (Å²) in [7, 11) is 0. The van der Waals surface area contributed by atoms with Crippen molar-refractivity contribution in [2.45, 2.75) is 43.2 Å². The summed E-state index contributed by atoms with van der Waals surface area (Å²) in [6, 6.07) is 15.8. The van der Waals surface area contributed by atoms with E-state index in [1.807, 2.05) is 48.5 Å². The molecule has 3 aromatic heterocycles.